The second kappa shape index (κ2) is 8.12. The fourth-order valence-corrected chi connectivity index (χ4v) is 2.78. The van der Waals surface area contributed by atoms with E-state index in [1.165, 1.54) is 0 Å². The third kappa shape index (κ3) is 4.39. The molecule has 0 aromatic rings. The van der Waals surface area contributed by atoms with Gasteiger partial charge in [-0.3, -0.25) is 9.79 Å². The Kier molecular flexibility index (Phi) is 6.82. The van der Waals surface area contributed by atoms with E-state index in [1.54, 1.807) is 4.90 Å². The molecule has 1 saturated carbocycles. The Balaban J connectivity index is 2.75. The molecule has 0 heterocycles. The highest BCUT2D eigenvalue weighted by molar-refractivity contribution is 5.84. The topological polar surface area (TPSA) is 56.7 Å². The van der Waals surface area contributed by atoms with Gasteiger partial charge in [0.15, 0.2) is 5.96 Å². The lowest BCUT2D eigenvalue weighted by molar-refractivity contribution is -0.138. The molecule has 5 heteroatoms. The molecule has 1 aliphatic rings. The molecule has 116 valence electrons. The number of nitrogens with one attached hydrogen (secondary N) is 2. The van der Waals surface area contributed by atoms with E-state index in [2.05, 4.69) is 29.5 Å². The highest BCUT2D eigenvalue weighted by Crippen LogP contribution is 2.39. The fraction of sp³-hybridized carbons (Fsp3) is 0.867. The predicted molar refractivity (Wildman–Crippen MR) is 83.9 cm³/mol. The van der Waals surface area contributed by atoms with Crippen molar-refractivity contribution < 1.29 is 4.79 Å². The summed E-state index contributed by atoms with van der Waals surface area (Å²) in [6.07, 6.45) is 5.25. The number of hydrogen-bond donors (Lipinski definition) is 2. The number of amides is 1. The zero-order chi connectivity index (χ0) is 15.0. The Morgan fingerprint density at radius 1 is 1.20 bits per heavy atom. The van der Waals surface area contributed by atoms with Crippen molar-refractivity contribution in [2.45, 2.75) is 46.0 Å². The third-order valence-electron chi connectivity index (χ3n) is 3.85. The molecule has 0 spiro atoms. The van der Waals surface area contributed by atoms with Gasteiger partial charge in [-0.15, -0.1) is 0 Å². The van der Waals surface area contributed by atoms with Crippen molar-refractivity contribution in [3.63, 3.8) is 0 Å². The van der Waals surface area contributed by atoms with Crippen LogP contribution >= 0.6 is 0 Å². The number of guanidine groups is 1. The first kappa shape index (κ1) is 16.8. The van der Waals surface area contributed by atoms with Gasteiger partial charge >= 0.3 is 0 Å². The van der Waals surface area contributed by atoms with E-state index in [9.17, 15) is 4.79 Å². The van der Waals surface area contributed by atoms with Gasteiger partial charge in [0.2, 0.25) is 5.91 Å². The van der Waals surface area contributed by atoms with Gasteiger partial charge in [-0.25, -0.2) is 0 Å². The number of carbonyl (C=O) groups excluding carboxylic acids is 1. The third-order valence-corrected chi connectivity index (χ3v) is 3.85. The van der Waals surface area contributed by atoms with E-state index in [0.717, 1.165) is 51.2 Å². The van der Waals surface area contributed by atoms with Crippen molar-refractivity contribution >= 4 is 11.9 Å². The molecule has 0 unspecified atom stereocenters. The maximum atomic E-state index is 12.5. The van der Waals surface area contributed by atoms with Crippen molar-refractivity contribution in [1.82, 2.24) is 15.5 Å². The maximum Gasteiger partial charge on any atom is 0.230 e. The molecule has 0 aromatic heterocycles. The summed E-state index contributed by atoms with van der Waals surface area (Å²) in [6, 6.07) is 0. The highest BCUT2D eigenvalue weighted by Gasteiger charge is 2.41. The SMILES string of the molecule is CCCNC(=NCC1(C(=O)N(C)C)CCCC1)NCC. The molecule has 0 bridgehead atoms. The second-order valence-electron chi connectivity index (χ2n) is 5.81. The Hall–Kier alpha value is -1.26. The molecule has 0 aromatic carbocycles. The molecule has 1 rings (SSSR count). The van der Waals surface area contributed by atoms with Gasteiger partial charge in [-0.2, -0.15) is 0 Å². The highest BCUT2D eigenvalue weighted by atomic mass is 16.2. The first-order chi connectivity index (χ1) is 9.55. The van der Waals surface area contributed by atoms with Crippen LogP contribution in [0.4, 0.5) is 0 Å². The van der Waals surface area contributed by atoms with Crippen LogP contribution in [0.5, 0.6) is 0 Å². The van der Waals surface area contributed by atoms with Crippen LogP contribution in [0.1, 0.15) is 46.0 Å². The lowest BCUT2D eigenvalue weighted by Gasteiger charge is -2.29. The predicted octanol–water partition coefficient (Wildman–Crippen LogP) is 1.60. The number of hydrogen-bond acceptors (Lipinski definition) is 2. The maximum absolute atomic E-state index is 12.5. The monoisotopic (exact) mass is 282 g/mol. The van der Waals surface area contributed by atoms with Gasteiger partial charge in [0.25, 0.3) is 0 Å². The molecule has 0 atom stereocenters. The average molecular weight is 282 g/mol. The molecule has 20 heavy (non-hydrogen) atoms. The first-order valence-corrected chi connectivity index (χ1v) is 7.79. The Morgan fingerprint density at radius 3 is 2.35 bits per heavy atom. The van der Waals surface area contributed by atoms with Crippen LogP contribution in [0.15, 0.2) is 4.99 Å². The Morgan fingerprint density at radius 2 is 1.85 bits per heavy atom. The number of aliphatic imine (C=N–C) groups is 1. The van der Waals surface area contributed by atoms with Gasteiger partial charge < -0.3 is 15.5 Å². The van der Waals surface area contributed by atoms with E-state index in [1.807, 2.05) is 14.1 Å². The minimum absolute atomic E-state index is 0.227. The van der Waals surface area contributed by atoms with Crippen molar-refractivity contribution in [3.8, 4) is 0 Å². The summed E-state index contributed by atoms with van der Waals surface area (Å²) < 4.78 is 0. The van der Waals surface area contributed by atoms with E-state index >= 15 is 0 Å². The van der Waals surface area contributed by atoms with E-state index in [4.69, 9.17) is 0 Å². The summed E-state index contributed by atoms with van der Waals surface area (Å²) in [4.78, 5) is 18.8. The van der Waals surface area contributed by atoms with Crippen molar-refractivity contribution in [2.24, 2.45) is 10.4 Å². The Bertz CT molecular complexity index is 333. The van der Waals surface area contributed by atoms with Crippen LogP contribution < -0.4 is 10.6 Å². The van der Waals surface area contributed by atoms with Gasteiger partial charge in [0, 0.05) is 27.2 Å². The Labute approximate surface area is 123 Å². The van der Waals surface area contributed by atoms with Gasteiger partial charge in [-0.05, 0) is 26.2 Å². The molecule has 0 aliphatic heterocycles. The average Bonchev–Trinajstić information content (AvgIpc) is 2.91. The second-order valence-corrected chi connectivity index (χ2v) is 5.81. The summed E-state index contributed by atoms with van der Waals surface area (Å²) >= 11 is 0. The summed E-state index contributed by atoms with van der Waals surface area (Å²) in [5, 5.41) is 6.53. The summed E-state index contributed by atoms with van der Waals surface area (Å²) in [7, 11) is 3.68. The van der Waals surface area contributed by atoms with Crippen LogP contribution in [0.3, 0.4) is 0 Å². The van der Waals surface area contributed by atoms with Crippen molar-refractivity contribution in [1.29, 1.82) is 0 Å². The lowest BCUT2D eigenvalue weighted by Crippen LogP contribution is -2.43. The van der Waals surface area contributed by atoms with Gasteiger partial charge in [0.05, 0.1) is 12.0 Å². The summed E-state index contributed by atoms with van der Waals surface area (Å²) in [5.41, 5.74) is -0.280. The normalized spacial score (nSPS) is 17.9. The quantitative estimate of drug-likeness (QED) is 0.575. The number of rotatable bonds is 6. The van der Waals surface area contributed by atoms with E-state index in [0.29, 0.717) is 6.54 Å². The minimum atomic E-state index is -0.280. The molecule has 0 saturated heterocycles. The van der Waals surface area contributed by atoms with Crippen molar-refractivity contribution in [3.05, 3.63) is 0 Å². The first-order valence-electron chi connectivity index (χ1n) is 7.79. The van der Waals surface area contributed by atoms with Crippen LogP contribution in [-0.4, -0.2) is 50.5 Å². The van der Waals surface area contributed by atoms with E-state index < -0.39 is 0 Å². The standard InChI is InChI=1S/C15H30N4O/c1-5-11-17-14(16-6-2)18-12-15(9-7-8-10-15)13(20)19(3)4/h5-12H2,1-4H3,(H2,16,17,18). The minimum Gasteiger partial charge on any atom is -0.357 e. The van der Waals surface area contributed by atoms with Crippen LogP contribution in [0.2, 0.25) is 0 Å². The van der Waals surface area contributed by atoms with Gasteiger partial charge in [-0.1, -0.05) is 19.8 Å². The molecule has 0 radical (unpaired) electrons. The zero-order valence-corrected chi connectivity index (χ0v) is 13.5. The van der Waals surface area contributed by atoms with Crippen LogP contribution in [0.25, 0.3) is 0 Å². The van der Waals surface area contributed by atoms with Crippen LogP contribution in [0, 0.1) is 5.41 Å². The molecular formula is C15H30N4O. The van der Waals surface area contributed by atoms with E-state index in [-0.39, 0.29) is 11.3 Å². The molecule has 5 nitrogen and oxygen atoms in total. The molecule has 1 fully saturated rings. The van der Waals surface area contributed by atoms with Crippen LogP contribution in [-0.2, 0) is 4.79 Å². The lowest BCUT2D eigenvalue weighted by atomic mass is 9.85. The summed E-state index contributed by atoms with van der Waals surface area (Å²) in [6.45, 7) is 6.51. The zero-order valence-electron chi connectivity index (χ0n) is 13.5. The molecule has 2 N–H and O–H groups in total. The molecular weight excluding hydrogens is 252 g/mol. The smallest absolute Gasteiger partial charge is 0.230 e. The summed E-state index contributed by atoms with van der Waals surface area (Å²) in [5.74, 6) is 1.05. The molecule has 1 aliphatic carbocycles. The largest absolute Gasteiger partial charge is 0.357 e. The number of carbonyl (C=O) groups is 1. The van der Waals surface area contributed by atoms with Crippen molar-refractivity contribution in [2.75, 3.05) is 33.7 Å². The number of nitrogens with zero attached hydrogens (tertiary/aromatic N) is 2. The fourth-order valence-electron chi connectivity index (χ4n) is 2.78. The molecule has 1 amide bonds. The van der Waals surface area contributed by atoms with Gasteiger partial charge in [0.1, 0.15) is 0 Å².